The maximum atomic E-state index is 12.7. The minimum Gasteiger partial charge on any atom is -0.508 e. The van der Waals surface area contributed by atoms with Gasteiger partial charge in [0.15, 0.2) is 11.5 Å². The average molecular weight is 412 g/mol. The van der Waals surface area contributed by atoms with Crippen molar-refractivity contribution < 1.29 is 24.5 Å². The van der Waals surface area contributed by atoms with Crippen LogP contribution in [-0.2, 0) is 12.8 Å². The van der Waals surface area contributed by atoms with E-state index in [9.17, 15) is 20.1 Å². The van der Waals surface area contributed by atoms with Gasteiger partial charge in [-0.1, -0.05) is 33.1 Å². The van der Waals surface area contributed by atoms with Crippen molar-refractivity contribution in [2.45, 2.75) is 58.8 Å². The zero-order valence-corrected chi connectivity index (χ0v) is 17.4. The van der Waals surface area contributed by atoms with E-state index in [4.69, 9.17) is 9.15 Å². The molecule has 0 aliphatic rings. The molecule has 0 unspecified atom stereocenters. The highest BCUT2D eigenvalue weighted by atomic mass is 16.5. The van der Waals surface area contributed by atoms with Gasteiger partial charge in [-0.05, 0) is 42.8 Å². The summed E-state index contributed by atoms with van der Waals surface area (Å²) < 4.78 is 11.4. The second-order valence-electron chi connectivity index (χ2n) is 7.52. The molecule has 0 saturated heterocycles. The van der Waals surface area contributed by atoms with Crippen LogP contribution in [0.25, 0.3) is 10.8 Å². The summed E-state index contributed by atoms with van der Waals surface area (Å²) in [5.74, 6) is 0.451. The van der Waals surface area contributed by atoms with Gasteiger partial charge in [0.25, 0.3) is 0 Å². The minimum absolute atomic E-state index is 0.0599. The van der Waals surface area contributed by atoms with E-state index in [0.29, 0.717) is 29.6 Å². The second kappa shape index (κ2) is 9.57. The number of rotatable bonds is 9. The van der Waals surface area contributed by atoms with E-state index >= 15 is 0 Å². The molecule has 3 N–H and O–H groups in total. The zero-order chi connectivity index (χ0) is 21.7. The highest BCUT2D eigenvalue weighted by Crippen LogP contribution is 2.41. The molecule has 3 rings (SSSR count). The molecule has 0 atom stereocenters. The standard InChI is InChI=1S/C24H28O6/c1-3-5-7-8-15-10-17(25)13-20(27)23(15)30-21-14-18(26)11-16-12-19(9-6-4-2)29-24(28)22(16)21/h10-14,25-27H,3-9H2,1-2H3. The topological polar surface area (TPSA) is 100 Å². The van der Waals surface area contributed by atoms with E-state index < -0.39 is 5.63 Å². The molecule has 0 bridgehead atoms. The van der Waals surface area contributed by atoms with Gasteiger partial charge in [0.1, 0.15) is 28.4 Å². The Morgan fingerprint density at radius 1 is 0.867 bits per heavy atom. The van der Waals surface area contributed by atoms with Gasteiger partial charge in [0.05, 0.1) is 0 Å². The average Bonchev–Trinajstić information content (AvgIpc) is 2.68. The van der Waals surface area contributed by atoms with Crippen molar-refractivity contribution in [1.29, 1.82) is 0 Å². The van der Waals surface area contributed by atoms with Crippen LogP contribution >= 0.6 is 0 Å². The van der Waals surface area contributed by atoms with Gasteiger partial charge in [-0.25, -0.2) is 4.79 Å². The molecule has 160 valence electrons. The fourth-order valence-corrected chi connectivity index (χ4v) is 3.52. The summed E-state index contributed by atoms with van der Waals surface area (Å²) in [6.07, 6.45) is 5.97. The molecule has 0 amide bonds. The summed E-state index contributed by atoms with van der Waals surface area (Å²) in [5, 5.41) is 31.2. The predicted octanol–water partition coefficient (Wildman–Crippen LogP) is 5.78. The number of benzene rings is 2. The van der Waals surface area contributed by atoms with E-state index in [1.54, 1.807) is 12.1 Å². The number of hydrogen-bond acceptors (Lipinski definition) is 6. The lowest BCUT2D eigenvalue weighted by atomic mass is 10.0. The minimum atomic E-state index is -0.556. The molecule has 30 heavy (non-hydrogen) atoms. The first-order valence-corrected chi connectivity index (χ1v) is 10.4. The monoisotopic (exact) mass is 412 g/mol. The van der Waals surface area contributed by atoms with E-state index in [1.165, 1.54) is 18.2 Å². The number of aryl methyl sites for hydroxylation is 2. The maximum absolute atomic E-state index is 12.7. The lowest BCUT2D eigenvalue weighted by Crippen LogP contribution is -2.05. The molecule has 1 heterocycles. The van der Waals surface area contributed by atoms with Gasteiger partial charge >= 0.3 is 5.63 Å². The summed E-state index contributed by atoms with van der Waals surface area (Å²) in [6.45, 7) is 4.14. The Bertz CT molecular complexity index is 1080. The normalized spacial score (nSPS) is 11.1. The number of fused-ring (bicyclic) bond motifs is 1. The molecule has 0 saturated carbocycles. The maximum Gasteiger partial charge on any atom is 0.347 e. The predicted molar refractivity (Wildman–Crippen MR) is 116 cm³/mol. The molecule has 0 aliphatic carbocycles. The summed E-state index contributed by atoms with van der Waals surface area (Å²) in [6, 6.07) is 7.29. The molecule has 0 fully saturated rings. The highest BCUT2D eigenvalue weighted by Gasteiger charge is 2.18. The van der Waals surface area contributed by atoms with Crippen molar-refractivity contribution in [3.63, 3.8) is 0 Å². The Morgan fingerprint density at radius 3 is 2.33 bits per heavy atom. The Labute approximate surface area is 175 Å². The van der Waals surface area contributed by atoms with Crippen LogP contribution in [0.5, 0.6) is 28.7 Å². The third kappa shape index (κ3) is 4.87. The number of hydrogen-bond donors (Lipinski definition) is 3. The van der Waals surface area contributed by atoms with Crippen molar-refractivity contribution in [2.75, 3.05) is 0 Å². The van der Waals surface area contributed by atoms with Crippen LogP contribution in [0.4, 0.5) is 0 Å². The fourth-order valence-electron chi connectivity index (χ4n) is 3.52. The third-order valence-electron chi connectivity index (χ3n) is 5.03. The third-order valence-corrected chi connectivity index (χ3v) is 5.03. The van der Waals surface area contributed by atoms with E-state index in [2.05, 4.69) is 13.8 Å². The Balaban J connectivity index is 2.07. The molecule has 0 spiro atoms. The van der Waals surface area contributed by atoms with Gasteiger partial charge in [0, 0.05) is 24.1 Å². The van der Waals surface area contributed by atoms with Crippen LogP contribution < -0.4 is 10.4 Å². The van der Waals surface area contributed by atoms with Crippen molar-refractivity contribution in [3.05, 3.63) is 52.1 Å². The largest absolute Gasteiger partial charge is 0.508 e. The van der Waals surface area contributed by atoms with Crippen molar-refractivity contribution in [1.82, 2.24) is 0 Å². The smallest absolute Gasteiger partial charge is 0.347 e. The van der Waals surface area contributed by atoms with E-state index in [1.807, 2.05) is 0 Å². The van der Waals surface area contributed by atoms with Crippen LogP contribution in [0.3, 0.4) is 0 Å². The summed E-state index contributed by atoms with van der Waals surface area (Å²) in [5.41, 5.74) is 0.0702. The molecular weight excluding hydrogens is 384 g/mol. The molecule has 6 heteroatoms. The lowest BCUT2D eigenvalue weighted by molar-refractivity contribution is 0.396. The summed E-state index contributed by atoms with van der Waals surface area (Å²) in [4.78, 5) is 12.7. The highest BCUT2D eigenvalue weighted by molar-refractivity contribution is 5.89. The molecule has 0 radical (unpaired) electrons. The lowest BCUT2D eigenvalue weighted by Gasteiger charge is -2.15. The Hall–Kier alpha value is -3.15. The van der Waals surface area contributed by atoms with Gasteiger partial charge in [-0.2, -0.15) is 0 Å². The van der Waals surface area contributed by atoms with Gasteiger partial charge < -0.3 is 24.5 Å². The second-order valence-corrected chi connectivity index (χ2v) is 7.52. The van der Waals surface area contributed by atoms with Gasteiger partial charge in [-0.3, -0.25) is 0 Å². The molecule has 0 aliphatic heterocycles. The molecule has 6 nitrogen and oxygen atoms in total. The fraction of sp³-hybridized carbons (Fsp3) is 0.375. The SMILES string of the molecule is CCCCCc1cc(O)cc(O)c1Oc1cc(O)cc2cc(CCCC)oc(=O)c12. The van der Waals surface area contributed by atoms with E-state index in [0.717, 1.165) is 32.1 Å². The van der Waals surface area contributed by atoms with Crippen molar-refractivity contribution in [3.8, 4) is 28.7 Å². The summed E-state index contributed by atoms with van der Waals surface area (Å²) >= 11 is 0. The number of phenolic OH excluding ortho intramolecular Hbond substituents is 3. The van der Waals surface area contributed by atoms with Gasteiger partial charge in [-0.15, -0.1) is 0 Å². The number of unbranched alkanes of at least 4 members (excludes halogenated alkanes) is 3. The van der Waals surface area contributed by atoms with Crippen LogP contribution in [0.15, 0.2) is 39.5 Å². The quantitative estimate of drug-likeness (QED) is 0.385. The molecule has 1 aromatic heterocycles. The number of ether oxygens (including phenoxy) is 1. The van der Waals surface area contributed by atoms with Gasteiger partial charge in [0.2, 0.25) is 0 Å². The number of phenols is 3. The first-order valence-electron chi connectivity index (χ1n) is 10.4. The summed E-state index contributed by atoms with van der Waals surface area (Å²) in [7, 11) is 0. The zero-order valence-electron chi connectivity index (χ0n) is 17.4. The molecular formula is C24H28O6. The first-order chi connectivity index (χ1) is 14.4. The Morgan fingerprint density at radius 2 is 1.60 bits per heavy atom. The molecule has 3 aromatic rings. The van der Waals surface area contributed by atoms with Crippen LogP contribution in [0.1, 0.15) is 57.3 Å². The van der Waals surface area contributed by atoms with Crippen LogP contribution in [0.2, 0.25) is 0 Å². The van der Waals surface area contributed by atoms with Crippen LogP contribution in [-0.4, -0.2) is 15.3 Å². The Kier molecular flexibility index (Phi) is 6.87. The number of aromatic hydroxyl groups is 3. The molecule has 2 aromatic carbocycles. The van der Waals surface area contributed by atoms with E-state index in [-0.39, 0.29) is 34.1 Å². The first kappa shape index (κ1) is 21.6. The van der Waals surface area contributed by atoms with Crippen molar-refractivity contribution >= 4 is 10.8 Å². The van der Waals surface area contributed by atoms with Crippen LogP contribution in [0, 0.1) is 0 Å². The van der Waals surface area contributed by atoms with Crippen molar-refractivity contribution in [2.24, 2.45) is 0 Å².